The summed E-state index contributed by atoms with van der Waals surface area (Å²) < 4.78 is 30.2. The van der Waals surface area contributed by atoms with E-state index in [2.05, 4.69) is 5.32 Å². The van der Waals surface area contributed by atoms with Crippen LogP contribution in [0.4, 0.5) is 5.69 Å². The smallest absolute Gasteiger partial charge is 0.232 e. The number of nitrogens with one attached hydrogen (secondary N) is 1. The molecule has 1 amide bonds. The number of methoxy groups -OCH3 is 1. The first kappa shape index (κ1) is 19.7. The molecule has 0 bridgehead atoms. The summed E-state index contributed by atoms with van der Waals surface area (Å²) in [6.07, 6.45) is 1.90. The number of sulfonamides is 1. The zero-order valence-corrected chi connectivity index (χ0v) is 15.2. The van der Waals surface area contributed by atoms with E-state index in [1.807, 2.05) is 0 Å². The first-order chi connectivity index (χ1) is 10.8. The summed E-state index contributed by atoms with van der Waals surface area (Å²) in [6.45, 7) is 2.88. The molecular weight excluding hydrogens is 340 g/mol. The molecule has 0 radical (unpaired) electrons. The highest BCUT2D eigenvalue weighted by molar-refractivity contribution is 7.92. The highest BCUT2D eigenvalue weighted by Gasteiger charge is 2.20. The summed E-state index contributed by atoms with van der Waals surface area (Å²) in [5.41, 5.74) is 1.16. The topological polar surface area (TPSA) is 75.7 Å². The third kappa shape index (κ3) is 6.37. The van der Waals surface area contributed by atoms with Gasteiger partial charge in [-0.25, -0.2) is 8.42 Å². The van der Waals surface area contributed by atoms with Crippen molar-refractivity contribution >= 4 is 33.2 Å². The highest BCUT2D eigenvalue weighted by Crippen LogP contribution is 2.28. The molecule has 0 aliphatic heterocycles. The Morgan fingerprint density at radius 3 is 2.70 bits per heavy atom. The Bertz CT molecular complexity index is 634. The molecule has 130 valence electrons. The summed E-state index contributed by atoms with van der Waals surface area (Å²) in [7, 11) is -1.91. The van der Waals surface area contributed by atoms with Gasteiger partial charge in [0.2, 0.25) is 15.9 Å². The zero-order valence-electron chi connectivity index (χ0n) is 13.6. The lowest BCUT2D eigenvalue weighted by Gasteiger charge is -2.24. The van der Waals surface area contributed by atoms with Crippen LogP contribution in [0.5, 0.6) is 0 Å². The molecule has 0 saturated carbocycles. The fourth-order valence-electron chi connectivity index (χ4n) is 2.07. The number of hydrogen-bond donors (Lipinski definition) is 1. The van der Waals surface area contributed by atoms with E-state index in [0.717, 1.165) is 6.26 Å². The van der Waals surface area contributed by atoms with Crippen LogP contribution in [0.2, 0.25) is 5.02 Å². The average Bonchev–Trinajstić information content (AvgIpc) is 2.46. The first-order valence-electron chi connectivity index (χ1n) is 7.26. The van der Waals surface area contributed by atoms with Gasteiger partial charge in [0.25, 0.3) is 0 Å². The number of anilines is 1. The van der Waals surface area contributed by atoms with Crippen molar-refractivity contribution in [1.29, 1.82) is 0 Å². The number of carbonyl (C=O) groups is 1. The molecule has 23 heavy (non-hydrogen) atoms. The number of carbonyl (C=O) groups excluding carboxylic acids is 1. The second-order valence-electron chi connectivity index (χ2n) is 5.17. The van der Waals surface area contributed by atoms with Gasteiger partial charge in [-0.15, -0.1) is 0 Å². The maximum atomic E-state index is 12.0. The Kier molecular flexibility index (Phi) is 7.81. The average molecular weight is 363 g/mol. The van der Waals surface area contributed by atoms with Crippen LogP contribution in [-0.2, 0) is 19.6 Å². The Morgan fingerprint density at radius 1 is 1.39 bits per heavy atom. The van der Waals surface area contributed by atoms with Gasteiger partial charge in [-0.3, -0.25) is 9.10 Å². The zero-order chi connectivity index (χ0) is 17.5. The molecule has 0 saturated heterocycles. The lowest BCUT2D eigenvalue weighted by atomic mass is 10.2. The summed E-state index contributed by atoms with van der Waals surface area (Å²) in [6, 6.07) is 5.07. The number of rotatable bonds is 9. The van der Waals surface area contributed by atoms with Crippen molar-refractivity contribution in [3.05, 3.63) is 28.8 Å². The van der Waals surface area contributed by atoms with E-state index >= 15 is 0 Å². The molecular formula is C15H23ClN2O4S. The standard InChI is InChI=1S/C15H23ClN2O4S/c1-12-13(16)6-4-7-14(12)18(23(3,20)21)10-8-15(19)17-9-5-11-22-2/h4,6-7H,5,8-11H2,1-3H3,(H,17,19). The van der Waals surface area contributed by atoms with Gasteiger partial charge in [-0.1, -0.05) is 17.7 Å². The van der Waals surface area contributed by atoms with E-state index in [-0.39, 0.29) is 18.9 Å². The van der Waals surface area contributed by atoms with Crippen molar-refractivity contribution in [2.45, 2.75) is 19.8 Å². The van der Waals surface area contributed by atoms with E-state index in [0.29, 0.717) is 35.8 Å². The molecule has 1 aromatic rings. The first-order valence-corrected chi connectivity index (χ1v) is 9.48. The monoisotopic (exact) mass is 362 g/mol. The fourth-order valence-corrected chi connectivity index (χ4v) is 3.21. The maximum absolute atomic E-state index is 12.0. The van der Waals surface area contributed by atoms with Gasteiger partial charge in [0, 0.05) is 38.2 Å². The number of nitrogens with zero attached hydrogens (tertiary/aromatic N) is 1. The minimum atomic E-state index is -3.51. The van der Waals surface area contributed by atoms with Crippen LogP contribution < -0.4 is 9.62 Å². The molecule has 0 spiro atoms. The van der Waals surface area contributed by atoms with Gasteiger partial charge in [0.05, 0.1) is 11.9 Å². The predicted octanol–water partition coefficient (Wildman–Crippen LogP) is 1.96. The molecule has 8 heteroatoms. The SMILES string of the molecule is COCCCNC(=O)CCN(c1cccc(Cl)c1C)S(C)(=O)=O. The third-order valence-corrected chi connectivity index (χ3v) is 4.89. The van der Waals surface area contributed by atoms with Crippen LogP contribution in [0.1, 0.15) is 18.4 Å². The van der Waals surface area contributed by atoms with Crippen molar-refractivity contribution < 1.29 is 17.9 Å². The van der Waals surface area contributed by atoms with Gasteiger partial charge in [0.15, 0.2) is 0 Å². The number of benzene rings is 1. The number of hydrogen-bond acceptors (Lipinski definition) is 4. The lowest BCUT2D eigenvalue weighted by molar-refractivity contribution is -0.120. The molecule has 0 aliphatic rings. The Hall–Kier alpha value is -1.31. The van der Waals surface area contributed by atoms with Crippen LogP contribution in [0.15, 0.2) is 18.2 Å². The molecule has 0 heterocycles. The van der Waals surface area contributed by atoms with Gasteiger partial charge < -0.3 is 10.1 Å². The second kappa shape index (κ2) is 9.10. The lowest BCUT2D eigenvalue weighted by Crippen LogP contribution is -2.35. The van der Waals surface area contributed by atoms with E-state index < -0.39 is 10.0 Å². The normalized spacial score (nSPS) is 11.3. The van der Waals surface area contributed by atoms with E-state index in [1.54, 1.807) is 32.2 Å². The molecule has 0 atom stereocenters. The Labute approximate surface area is 142 Å². The predicted molar refractivity (Wildman–Crippen MR) is 92.5 cm³/mol. The summed E-state index contributed by atoms with van der Waals surface area (Å²) in [5.74, 6) is -0.200. The summed E-state index contributed by atoms with van der Waals surface area (Å²) >= 11 is 6.06. The van der Waals surface area contributed by atoms with Crippen LogP contribution in [0.25, 0.3) is 0 Å². The number of ether oxygens (including phenoxy) is 1. The molecule has 0 aliphatic carbocycles. The van der Waals surface area contributed by atoms with E-state index in [9.17, 15) is 13.2 Å². The largest absolute Gasteiger partial charge is 0.385 e. The molecule has 1 rings (SSSR count). The van der Waals surface area contributed by atoms with Gasteiger partial charge in [0.1, 0.15) is 0 Å². The Morgan fingerprint density at radius 2 is 2.09 bits per heavy atom. The van der Waals surface area contributed by atoms with Crippen LogP contribution in [0.3, 0.4) is 0 Å². The highest BCUT2D eigenvalue weighted by atomic mass is 35.5. The molecule has 6 nitrogen and oxygen atoms in total. The Balaban J connectivity index is 2.74. The van der Waals surface area contributed by atoms with Crippen molar-refractivity contribution in [3.63, 3.8) is 0 Å². The number of halogens is 1. The van der Waals surface area contributed by atoms with E-state index in [1.165, 1.54) is 4.31 Å². The molecule has 1 aromatic carbocycles. The van der Waals surface area contributed by atoms with Crippen LogP contribution in [0, 0.1) is 6.92 Å². The second-order valence-corrected chi connectivity index (χ2v) is 7.48. The maximum Gasteiger partial charge on any atom is 0.232 e. The molecule has 1 N–H and O–H groups in total. The molecule has 0 aromatic heterocycles. The minimum Gasteiger partial charge on any atom is -0.385 e. The minimum absolute atomic E-state index is 0.0656. The van der Waals surface area contributed by atoms with Crippen LogP contribution in [-0.4, -0.2) is 47.4 Å². The summed E-state index contributed by atoms with van der Waals surface area (Å²) in [4.78, 5) is 11.8. The van der Waals surface area contributed by atoms with Crippen molar-refractivity contribution in [3.8, 4) is 0 Å². The quantitative estimate of drug-likeness (QED) is 0.681. The summed E-state index contributed by atoms with van der Waals surface area (Å²) in [5, 5.41) is 3.22. The molecule has 0 unspecified atom stereocenters. The van der Waals surface area contributed by atoms with Gasteiger partial charge in [-0.05, 0) is 31.0 Å². The van der Waals surface area contributed by atoms with Gasteiger partial charge in [-0.2, -0.15) is 0 Å². The van der Waals surface area contributed by atoms with Crippen molar-refractivity contribution in [1.82, 2.24) is 5.32 Å². The third-order valence-electron chi connectivity index (χ3n) is 3.30. The van der Waals surface area contributed by atoms with Crippen molar-refractivity contribution in [2.75, 3.05) is 37.4 Å². The molecule has 0 fully saturated rings. The van der Waals surface area contributed by atoms with Crippen molar-refractivity contribution in [2.24, 2.45) is 0 Å². The number of amides is 1. The van der Waals surface area contributed by atoms with Crippen LogP contribution >= 0.6 is 11.6 Å². The van der Waals surface area contributed by atoms with E-state index in [4.69, 9.17) is 16.3 Å². The fraction of sp³-hybridized carbons (Fsp3) is 0.533. The van der Waals surface area contributed by atoms with Gasteiger partial charge >= 0.3 is 0 Å².